The van der Waals surface area contributed by atoms with Crippen molar-refractivity contribution >= 4 is 17.7 Å². The van der Waals surface area contributed by atoms with Gasteiger partial charge in [0.1, 0.15) is 16.8 Å². The van der Waals surface area contributed by atoms with Gasteiger partial charge >= 0.3 is 0 Å². The van der Waals surface area contributed by atoms with E-state index in [4.69, 9.17) is 4.42 Å². The molecule has 4 rings (SSSR count). The maximum Gasteiger partial charge on any atom is 0.234 e. The SMILES string of the molecule is O=C1CS[C@@H](c2cn(Cc3ccccc3)nn2)N1Cc1ccco1. The molecule has 3 heterocycles. The third kappa shape index (κ3) is 3.07. The standard InChI is InChI=1S/C17H16N4O2S/c22-16-12-24-17(21(16)10-14-7-4-8-23-14)15-11-20(19-18-15)9-13-5-2-1-3-6-13/h1-8,11,17H,9-10,12H2/t17-/m0/s1. The highest BCUT2D eigenvalue weighted by molar-refractivity contribution is 8.00. The molecular formula is C17H16N4O2S. The summed E-state index contributed by atoms with van der Waals surface area (Å²) >= 11 is 1.57. The van der Waals surface area contributed by atoms with Crippen LogP contribution < -0.4 is 0 Å². The first kappa shape index (κ1) is 15.0. The van der Waals surface area contributed by atoms with E-state index >= 15 is 0 Å². The van der Waals surface area contributed by atoms with E-state index in [9.17, 15) is 4.79 Å². The lowest BCUT2D eigenvalue weighted by molar-refractivity contribution is -0.128. The largest absolute Gasteiger partial charge is 0.467 e. The van der Waals surface area contributed by atoms with Crippen LogP contribution in [0.15, 0.2) is 59.3 Å². The molecule has 0 aliphatic carbocycles. The van der Waals surface area contributed by atoms with Gasteiger partial charge in [0.2, 0.25) is 5.91 Å². The van der Waals surface area contributed by atoms with E-state index in [2.05, 4.69) is 22.4 Å². The molecule has 0 N–H and O–H groups in total. The second kappa shape index (κ2) is 6.52. The number of furan rings is 1. The Hall–Kier alpha value is -2.54. The fourth-order valence-electron chi connectivity index (χ4n) is 2.71. The zero-order valence-corrected chi connectivity index (χ0v) is 13.7. The summed E-state index contributed by atoms with van der Waals surface area (Å²) in [4.78, 5) is 14.0. The summed E-state index contributed by atoms with van der Waals surface area (Å²) in [5, 5.41) is 8.36. The number of thioether (sulfide) groups is 1. The van der Waals surface area contributed by atoms with Gasteiger partial charge in [-0.1, -0.05) is 35.5 Å². The maximum absolute atomic E-state index is 12.2. The van der Waals surface area contributed by atoms with Crippen molar-refractivity contribution in [1.29, 1.82) is 0 Å². The Morgan fingerprint density at radius 3 is 2.83 bits per heavy atom. The Morgan fingerprint density at radius 1 is 1.17 bits per heavy atom. The molecule has 0 saturated carbocycles. The molecular weight excluding hydrogens is 324 g/mol. The fourth-order valence-corrected chi connectivity index (χ4v) is 3.83. The molecule has 1 aliphatic rings. The van der Waals surface area contributed by atoms with Gasteiger partial charge in [0.15, 0.2) is 0 Å². The van der Waals surface area contributed by atoms with Crippen LogP contribution in [0.4, 0.5) is 0 Å². The minimum Gasteiger partial charge on any atom is -0.467 e. The molecule has 24 heavy (non-hydrogen) atoms. The van der Waals surface area contributed by atoms with Crippen molar-refractivity contribution in [1.82, 2.24) is 19.9 Å². The number of aromatic nitrogens is 3. The average Bonchev–Trinajstić information content (AvgIpc) is 3.32. The molecule has 1 atom stereocenters. The lowest BCUT2D eigenvalue weighted by Gasteiger charge is -2.20. The van der Waals surface area contributed by atoms with Gasteiger partial charge < -0.3 is 9.32 Å². The molecule has 7 heteroatoms. The van der Waals surface area contributed by atoms with E-state index in [0.29, 0.717) is 18.8 Å². The van der Waals surface area contributed by atoms with Crippen molar-refractivity contribution in [2.45, 2.75) is 18.5 Å². The van der Waals surface area contributed by atoms with Crippen molar-refractivity contribution in [3.63, 3.8) is 0 Å². The third-order valence-electron chi connectivity index (χ3n) is 3.87. The highest BCUT2D eigenvalue weighted by atomic mass is 32.2. The molecule has 1 saturated heterocycles. The molecule has 2 aromatic heterocycles. The van der Waals surface area contributed by atoms with E-state index in [0.717, 1.165) is 17.0 Å². The Balaban J connectivity index is 1.51. The first-order valence-electron chi connectivity index (χ1n) is 7.67. The number of carbonyl (C=O) groups is 1. The Labute approximate surface area is 143 Å². The number of rotatable bonds is 5. The summed E-state index contributed by atoms with van der Waals surface area (Å²) in [5.41, 5.74) is 1.96. The van der Waals surface area contributed by atoms with Gasteiger partial charge in [0.25, 0.3) is 0 Å². The zero-order chi connectivity index (χ0) is 16.4. The van der Waals surface area contributed by atoms with Crippen LogP contribution in [0.5, 0.6) is 0 Å². The van der Waals surface area contributed by atoms with Crippen molar-refractivity contribution in [2.24, 2.45) is 0 Å². The van der Waals surface area contributed by atoms with Crippen molar-refractivity contribution < 1.29 is 9.21 Å². The third-order valence-corrected chi connectivity index (χ3v) is 5.10. The van der Waals surface area contributed by atoms with Gasteiger partial charge in [0, 0.05) is 0 Å². The van der Waals surface area contributed by atoms with Gasteiger partial charge in [-0.2, -0.15) is 0 Å². The van der Waals surface area contributed by atoms with Crippen LogP contribution in [0.25, 0.3) is 0 Å². The second-order valence-electron chi connectivity index (χ2n) is 5.59. The number of hydrogen-bond donors (Lipinski definition) is 0. The first-order chi connectivity index (χ1) is 11.8. The molecule has 122 valence electrons. The van der Waals surface area contributed by atoms with Gasteiger partial charge in [-0.3, -0.25) is 4.79 Å². The lowest BCUT2D eigenvalue weighted by atomic mass is 10.2. The normalized spacial score (nSPS) is 17.6. The van der Waals surface area contributed by atoms with Gasteiger partial charge in [0.05, 0.1) is 31.3 Å². The maximum atomic E-state index is 12.2. The topological polar surface area (TPSA) is 64.2 Å². The average molecular weight is 340 g/mol. The van der Waals surface area contributed by atoms with Gasteiger partial charge in [-0.15, -0.1) is 16.9 Å². The monoisotopic (exact) mass is 340 g/mol. The number of amides is 1. The predicted molar refractivity (Wildman–Crippen MR) is 90.0 cm³/mol. The van der Waals surface area contributed by atoms with Crippen LogP contribution in [-0.4, -0.2) is 31.6 Å². The molecule has 0 unspecified atom stereocenters. The smallest absolute Gasteiger partial charge is 0.234 e. The molecule has 0 spiro atoms. The van der Waals surface area contributed by atoms with E-state index in [1.54, 1.807) is 27.6 Å². The molecule has 1 amide bonds. The molecule has 1 fully saturated rings. The quantitative estimate of drug-likeness (QED) is 0.714. The van der Waals surface area contributed by atoms with Crippen molar-refractivity contribution in [3.8, 4) is 0 Å². The summed E-state index contributed by atoms with van der Waals surface area (Å²) in [6.07, 6.45) is 3.53. The minimum absolute atomic E-state index is 0.0963. The molecule has 1 aromatic carbocycles. The lowest BCUT2D eigenvalue weighted by Crippen LogP contribution is -2.27. The van der Waals surface area contributed by atoms with Crippen LogP contribution in [0.2, 0.25) is 0 Å². The van der Waals surface area contributed by atoms with E-state index < -0.39 is 0 Å². The summed E-state index contributed by atoms with van der Waals surface area (Å²) in [6, 6.07) is 13.8. The van der Waals surface area contributed by atoms with Crippen LogP contribution in [0.3, 0.4) is 0 Å². The molecule has 0 radical (unpaired) electrons. The predicted octanol–water partition coefficient (Wildman–Crippen LogP) is 2.69. The van der Waals surface area contributed by atoms with Gasteiger partial charge in [-0.25, -0.2) is 4.68 Å². The number of benzene rings is 1. The Morgan fingerprint density at radius 2 is 2.04 bits per heavy atom. The van der Waals surface area contributed by atoms with Crippen molar-refractivity contribution in [2.75, 3.05) is 5.75 Å². The fraction of sp³-hybridized carbons (Fsp3) is 0.235. The van der Waals surface area contributed by atoms with E-state index in [1.807, 2.05) is 36.5 Å². The number of hydrogen-bond acceptors (Lipinski definition) is 5. The minimum atomic E-state index is -0.118. The Bertz CT molecular complexity index is 816. The van der Waals surface area contributed by atoms with E-state index in [1.165, 1.54) is 0 Å². The Kier molecular flexibility index (Phi) is 4.08. The molecule has 0 bridgehead atoms. The van der Waals surface area contributed by atoms with Crippen LogP contribution in [0, 0.1) is 0 Å². The van der Waals surface area contributed by atoms with Crippen LogP contribution in [-0.2, 0) is 17.9 Å². The summed E-state index contributed by atoms with van der Waals surface area (Å²) < 4.78 is 7.17. The molecule has 3 aromatic rings. The summed E-state index contributed by atoms with van der Waals surface area (Å²) in [5.74, 6) is 1.32. The molecule has 6 nitrogen and oxygen atoms in total. The highest BCUT2D eigenvalue weighted by Gasteiger charge is 2.35. The van der Waals surface area contributed by atoms with Crippen LogP contribution in [0.1, 0.15) is 22.4 Å². The summed E-state index contributed by atoms with van der Waals surface area (Å²) in [6.45, 7) is 1.12. The molecule has 1 aliphatic heterocycles. The number of carbonyl (C=O) groups excluding carboxylic acids is 1. The van der Waals surface area contributed by atoms with Crippen molar-refractivity contribution in [3.05, 3.63) is 71.9 Å². The van der Waals surface area contributed by atoms with E-state index in [-0.39, 0.29) is 11.3 Å². The summed E-state index contributed by atoms with van der Waals surface area (Å²) in [7, 11) is 0. The highest BCUT2D eigenvalue weighted by Crippen LogP contribution is 2.38. The first-order valence-corrected chi connectivity index (χ1v) is 8.72. The van der Waals surface area contributed by atoms with Crippen LogP contribution >= 0.6 is 11.8 Å². The van der Waals surface area contributed by atoms with Gasteiger partial charge in [-0.05, 0) is 17.7 Å². The second-order valence-corrected chi connectivity index (χ2v) is 6.66. The zero-order valence-electron chi connectivity index (χ0n) is 12.9. The number of nitrogens with zero attached hydrogens (tertiary/aromatic N) is 4.